The van der Waals surface area contributed by atoms with Crippen LogP contribution in [-0.2, 0) is 4.79 Å². The van der Waals surface area contributed by atoms with Crippen molar-refractivity contribution in [2.45, 2.75) is 26.0 Å². The molecule has 1 N–H and O–H groups in total. The Hall–Kier alpha value is -2.56. The van der Waals surface area contributed by atoms with E-state index in [9.17, 15) is 9.18 Å². The van der Waals surface area contributed by atoms with Crippen molar-refractivity contribution in [3.05, 3.63) is 59.9 Å². The zero-order chi connectivity index (χ0) is 16.8. The molecule has 1 amide bonds. The third-order valence-electron chi connectivity index (χ3n) is 3.47. The number of carbonyl (C=O) groups excluding carboxylic acids is 1. The van der Waals surface area contributed by atoms with Gasteiger partial charge in [0.15, 0.2) is 17.6 Å². The number of rotatable bonds is 6. The van der Waals surface area contributed by atoms with Gasteiger partial charge >= 0.3 is 0 Å². The van der Waals surface area contributed by atoms with Gasteiger partial charge in [-0.15, -0.1) is 0 Å². The SMILES string of the molecule is COc1ccccc1O[C@H](C)C(=O)N[C@@H](C)c1ccc(F)cc1. The van der Waals surface area contributed by atoms with Crippen molar-refractivity contribution in [2.75, 3.05) is 7.11 Å². The molecule has 0 aliphatic heterocycles. The zero-order valence-electron chi connectivity index (χ0n) is 13.4. The van der Waals surface area contributed by atoms with Crippen molar-refractivity contribution in [3.8, 4) is 11.5 Å². The number of amides is 1. The Bertz CT molecular complexity index is 658. The fourth-order valence-corrected chi connectivity index (χ4v) is 2.13. The average Bonchev–Trinajstić information content (AvgIpc) is 2.55. The van der Waals surface area contributed by atoms with Crippen molar-refractivity contribution in [1.82, 2.24) is 5.32 Å². The monoisotopic (exact) mass is 317 g/mol. The highest BCUT2D eigenvalue weighted by molar-refractivity contribution is 5.81. The molecule has 0 aromatic heterocycles. The first kappa shape index (κ1) is 16.8. The predicted molar refractivity (Wildman–Crippen MR) is 86.0 cm³/mol. The topological polar surface area (TPSA) is 47.6 Å². The van der Waals surface area contributed by atoms with E-state index >= 15 is 0 Å². The van der Waals surface area contributed by atoms with Crippen LogP contribution in [0.1, 0.15) is 25.5 Å². The van der Waals surface area contributed by atoms with E-state index in [1.165, 1.54) is 12.1 Å². The molecule has 4 nitrogen and oxygen atoms in total. The first-order chi connectivity index (χ1) is 11.0. The number of para-hydroxylation sites is 2. The molecule has 122 valence electrons. The molecule has 0 bridgehead atoms. The lowest BCUT2D eigenvalue weighted by molar-refractivity contribution is -0.127. The van der Waals surface area contributed by atoms with E-state index < -0.39 is 6.10 Å². The van der Waals surface area contributed by atoms with Crippen LogP contribution in [0.3, 0.4) is 0 Å². The van der Waals surface area contributed by atoms with Crippen molar-refractivity contribution in [3.63, 3.8) is 0 Å². The molecule has 0 aliphatic carbocycles. The van der Waals surface area contributed by atoms with Gasteiger partial charge in [-0.1, -0.05) is 24.3 Å². The van der Waals surface area contributed by atoms with E-state index in [2.05, 4.69) is 5.32 Å². The first-order valence-corrected chi connectivity index (χ1v) is 7.36. The van der Waals surface area contributed by atoms with E-state index in [0.717, 1.165) is 5.56 Å². The third-order valence-corrected chi connectivity index (χ3v) is 3.47. The molecule has 0 saturated carbocycles. The molecule has 2 aromatic carbocycles. The van der Waals surface area contributed by atoms with Gasteiger partial charge in [0.05, 0.1) is 13.2 Å². The lowest BCUT2D eigenvalue weighted by Gasteiger charge is -2.20. The summed E-state index contributed by atoms with van der Waals surface area (Å²) in [5.74, 6) is 0.513. The summed E-state index contributed by atoms with van der Waals surface area (Å²) < 4.78 is 23.8. The van der Waals surface area contributed by atoms with Gasteiger partial charge < -0.3 is 14.8 Å². The maximum Gasteiger partial charge on any atom is 0.261 e. The molecule has 2 atom stereocenters. The van der Waals surface area contributed by atoms with Gasteiger partial charge in [-0.05, 0) is 43.7 Å². The second kappa shape index (κ2) is 7.63. The highest BCUT2D eigenvalue weighted by Gasteiger charge is 2.19. The number of carbonyl (C=O) groups is 1. The van der Waals surface area contributed by atoms with E-state index in [0.29, 0.717) is 11.5 Å². The summed E-state index contributed by atoms with van der Waals surface area (Å²) in [6.45, 7) is 3.50. The van der Waals surface area contributed by atoms with Gasteiger partial charge in [-0.25, -0.2) is 4.39 Å². The van der Waals surface area contributed by atoms with Crippen LogP contribution < -0.4 is 14.8 Å². The number of ether oxygens (including phenoxy) is 2. The highest BCUT2D eigenvalue weighted by Crippen LogP contribution is 2.26. The lowest BCUT2D eigenvalue weighted by atomic mass is 10.1. The lowest BCUT2D eigenvalue weighted by Crippen LogP contribution is -2.37. The van der Waals surface area contributed by atoms with Gasteiger partial charge in [-0.2, -0.15) is 0 Å². The minimum atomic E-state index is -0.686. The highest BCUT2D eigenvalue weighted by atomic mass is 19.1. The van der Waals surface area contributed by atoms with Crippen LogP contribution in [-0.4, -0.2) is 19.1 Å². The van der Waals surface area contributed by atoms with Crippen LogP contribution in [0, 0.1) is 5.82 Å². The molecule has 0 heterocycles. The molecule has 0 spiro atoms. The standard InChI is InChI=1S/C18H20FNO3/c1-12(14-8-10-15(19)11-9-14)20-18(21)13(2)23-17-7-5-4-6-16(17)22-3/h4-13H,1-3H3,(H,20,21)/t12-,13+/m0/s1. The van der Waals surface area contributed by atoms with Gasteiger partial charge in [-0.3, -0.25) is 4.79 Å². The van der Waals surface area contributed by atoms with Crippen molar-refractivity contribution in [2.24, 2.45) is 0 Å². The van der Waals surface area contributed by atoms with Gasteiger partial charge in [0.25, 0.3) is 5.91 Å². The fourth-order valence-electron chi connectivity index (χ4n) is 2.13. The molecule has 5 heteroatoms. The van der Waals surface area contributed by atoms with Gasteiger partial charge in [0, 0.05) is 0 Å². The van der Waals surface area contributed by atoms with E-state index in [1.54, 1.807) is 38.3 Å². The van der Waals surface area contributed by atoms with Crippen LogP contribution in [0.25, 0.3) is 0 Å². The number of benzene rings is 2. The molecule has 0 unspecified atom stereocenters. The zero-order valence-corrected chi connectivity index (χ0v) is 13.4. The summed E-state index contributed by atoms with van der Waals surface area (Å²) >= 11 is 0. The van der Waals surface area contributed by atoms with E-state index in [1.807, 2.05) is 19.1 Å². The third kappa shape index (κ3) is 4.45. The van der Waals surface area contributed by atoms with Crippen molar-refractivity contribution < 1.29 is 18.7 Å². The minimum Gasteiger partial charge on any atom is -0.493 e. The fraction of sp³-hybridized carbons (Fsp3) is 0.278. The van der Waals surface area contributed by atoms with Crippen LogP contribution in [0.2, 0.25) is 0 Å². The van der Waals surface area contributed by atoms with Crippen LogP contribution >= 0.6 is 0 Å². The van der Waals surface area contributed by atoms with Gasteiger partial charge in [0.2, 0.25) is 0 Å². The summed E-state index contributed by atoms with van der Waals surface area (Å²) in [5.41, 5.74) is 0.823. The summed E-state index contributed by atoms with van der Waals surface area (Å²) in [4.78, 5) is 12.2. The molecule has 2 aromatic rings. The molecule has 0 fully saturated rings. The Morgan fingerprint density at radius 2 is 1.65 bits per heavy atom. The van der Waals surface area contributed by atoms with Crippen LogP contribution in [0.4, 0.5) is 4.39 Å². The second-order valence-electron chi connectivity index (χ2n) is 5.19. The molecule has 0 radical (unpaired) electrons. The predicted octanol–water partition coefficient (Wildman–Crippen LogP) is 3.48. The van der Waals surface area contributed by atoms with Crippen LogP contribution in [0.15, 0.2) is 48.5 Å². The Balaban J connectivity index is 1.98. The summed E-state index contributed by atoms with van der Waals surface area (Å²) in [6, 6.07) is 12.9. The summed E-state index contributed by atoms with van der Waals surface area (Å²) in [7, 11) is 1.55. The summed E-state index contributed by atoms with van der Waals surface area (Å²) in [5, 5.41) is 2.85. The normalized spacial score (nSPS) is 13.0. The second-order valence-corrected chi connectivity index (χ2v) is 5.19. The molecular formula is C18H20FNO3. The molecular weight excluding hydrogens is 297 g/mol. The molecule has 0 aliphatic rings. The quantitative estimate of drug-likeness (QED) is 0.887. The van der Waals surface area contributed by atoms with E-state index in [-0.39, 0.29) is 17.8 Å². The Morgan fingerprint density at radius 3 is 2.26 bits per heavy atom. The number of hydrogen-bond donors (Lipinski definition) is 1. The summed E-state index contributed by atoms with van der Waals surface area (Å²) in [6.07, 6.45) is -0.686. The van der Waals surface area contributed by atoms with Crippen LogP contribution in [0.5, 0.6) is 11.5 Å². The van der Waals surface area contributed by atoms with Gasteiger partial charge in [0.1, 0.15) is 5.82 Å². The first-order valence-electron chi connectivity index (χ1n) is 7.36. The number of hydrogen-bond acceptors (Lipinski definition) is 3. The largest absolute Gasteiger partial charge is 0.493 e. The molecule has 2 rings (SSSR count). The number of methoxy groups -OCH3 is 1. The average molecular weight is 317 g/mol. The maximum atomic E-state index is 12.9. The molecule has 23 heavy (non-hydrogen) atoms. The Morgan fingerprint density at radius 1 is 1.04 bits per heavy atom. The van der Waals surface area contributed by atoms with Crippen molar-refractivity contribution >= 4 is 5.91 Å². The number of halogens is 1. The minimum absolute atomic E-state index is 0.244. The molecule has 0 saturated heterocycles. The van der Waals surface area contributed by atoms with Crippen molar-refractivity contribution in [1.29, 1.82) is 0 Å². The Labute approximate surface area is 135 Å². The maximum absolute atomic E-state index is 12.9. The Kier molecular flexibility index (Phi) is 5.57. The smallest absolute Gasteiger partial charge is 0.261 e. The van der Waals surface area contributed by atoms with E-state index in [4.69, 9.17) is 9.47 Å². The number of nitrogens with one attached hydrogen (secondary N) is 1.